The molecule has 2 aromatic carbocycles. The van der Waals surface area contributed by atoms with Crippen LogP contribution in [0.15, 0.2) is 42.5 Å². The molecule has 0 N–H and O–H groups in total. The van der Waals surface area contributed by atoms with Crippen molar-refractivity contribution < 1.29 is 14.3 Å². The molecule has 0 heterocycles. The highest BCUT2D eigenvalue weighted by molar-refractivity contribution is 6.13. The zero-order chi connectivity index (χ0) is 13.8. The van der Waals surface area contributed by atoms with E-state index >= 15 is 0 Å². The van der Waals surface area contributed by atoms with Crippen molar-refractivity contribution in [2.75, 3.05) is 14.2 Å². The molecule has 0 spiro atoms. The first-order chi connectivity index (χ1) is 9.19. The van der Waals surface area contributed by atoms with E-state index in [9.17, 15) is 4.79 Å². The molecule has 19 heavy (non-hydrogen) atoms. The number of hydrogen-bond donors (Lipinski definition) is 0. The van der Waals surface area contributed by atoms with Crippen LogP contribution < -0.4 is 9.47 Å². The van der Waals surface area contributed by atoms with Crippen molar-refractivity contribution in [1.29, 1.82) is 0 Å². The molecule has 0 radical (unpaired) electrons. The lowest BCUT2D eigenvalue weighted by Crippen LogP contribution is -2.08. The molecule has 2 rings (SSSR count). The molecule has 0 fully saturated rings. The van der Waals surface area contributed by atoms with Crippen molar-refractivity contribution in [3.63, 3.8) is 0 Å². The Morgan fingerprint density at radius 2 is 1.47 bits per heavy atom. The predicted molar refractivity (Wildman–Crippen MR) is 74.2 cm³/mol. The summed E-state index contributed by atoms with van der Waals surface area (Å²) >= 11 is 0. The van der Waals surface area contributed by atoms with Crippen LogP contribution in [0.25, 0.3) is 0 Å². The lowest BCUT2D eigenvalue weighted by atomic mass is 9.98. The number of ether oxygens (including phenoxy) is 2. The van der Waals surface area contributed by atoms with Crippen molar-refractivity contribution in [1.82, 2.24) is 0 Å². The molecule has 0 atom stereocenters. The molecule has 98 valence electrons. The number of rotatable bonds is 4. The van der Waals surface area contributed by atoms with Crippen molar-refractivity contribution in [3.8, 4) is 11.5 Å². The van der Waals surface area contributed by atoms with E-state index in [4.69, 9.17) is 9.47 Å². The number of ketones is 1. The smallest absolute Gasteiger partial charge is 0.200 e. The molecule has 0 aliphatic carbocycles. The highest BCUT2D eigenvalue weighted by Crippen LogP contribution is 2.31. The van der Waals surface area contributed by atoms with Gasteiger partial charge in [0.15, 0.2) is 0 Å². The molecule has 0 saturated carbocycles. The van der Waals surface area contributed by atoms with Gasteiger partial charge in [0.2, 0.25) is 5.78 Å². The number of carbonyl (C=O) groups excluding carboxylic acids is 1. The van der Waals surface area contributed by atoms with Gasteiger partial charge in [-0.1, -0.05) is 30.3 Å². The molecular weight excluding hydrogens is 240 g/mol. The monoisotopic (exact) mass is 256 g/mol. The number of carbonyl (C=O) groups is 1. The van der Waals surface area contributed by atoms with Crippen LogP contribution in [0, 0.1) is 6.92 Å². The van der Waals surface area contributed by atoms with Gasteiger partial charge in [0.1, 0.15) is 17.1 Å². The van der Waals surface area contributed by atoms with Crippen molar-refractivity contribution in [2.24, 2.45) is 0 Å². The lowest BCUT2D eigenvalue weighted by Gasteiger charge is -2.13. The third-order valence-corrected chi connectivity index (χ3v) is 3.04. The summed E-state index contributed by atoms with van der Waals surface area (Å²) in [6, 6.07) is 12.8. The quantitative estimate of drug-likeness (QED) is 0.788. The third kappa shape index (κ3) is 2.45. The largest absolute Gasteiger partial charge is 0.496 e. The van der Waals surface area contributed by atoms with Crippen LogP contribution in [0.3, 0.4) is 0 Å². The molecule has 0 bridgehead atoms. The first-order valence-electron chi connectivity index (χ1n) is 6.00. The van der Waals surface area contributed by atoms with Crippen molar-refractivity contribution in [2.45, 2.75) is 6.92 Å². The zero-order valence-corrected chi connectivity index (χ0v) is 11.3. The van der Waals surface area contributed by atoms with E-state index in [1.165, 1.54) is 0 Å². The van der Waals surface area contributed by atoms with Crippen LogP contribution in [0.5, 0.6) is 11.5 Å². The van der Waals surface area contributed by atoms with Crippen LogP contribution in [0.2, 0.25) is 0 Å². The summed E-state index contributed by atoms with van der Waals surface area (Å²) in [5.41, 5.74) is 2.05. The van der Waals surface area contributed by atoms with Gasteiger partial charge in [-0.2, -0.15) is 0 Å². The van der Waals surface area contributed by atoms with Gasteiger partial charge in [-0.15, -0.1) is 0 Å². The summed E-state index contributed by atoms with van der Waals surface area (Å²) in [4.78, 5) is 12.7. The second-order valence-corrected chi connectivity index (χ2v) is 4.18. The summed E-state index contributed by atoms with van der Waals surface area (Å²) in [5.74, 6) is 0.951. The van der Waals surface area contributed by atoms with E-state index in [2.05, 4.69) is 0 Å². The van der Waals surface area contributed by atoms with E-state index < -0.39 is 0 Å². The molecule has 0 amide bonds. The molecule has 0 saturated heterocycles. The van der Waals surface area contributed by atoms with Gasteiger partial charge in [-0.05, 0) is 24.6 Å². The van der Waals surface area contributed by atoms with Crippen LogP contribution in [0.1, 0.15) is 21.5 Å². The van der Waals surface area contributed by atoms with Gasteiger partial charge in [0, 0.05) is 5.56 Å². The zero-order valence-electron chi connectivity index (χ0n) is 11.3. The summed E-state index contributed by atoms with van der Waals surface area (Å²) in [7, 11) is 3.09. The SMILES string of the molecule is COc1cccc(OC)c1C(=O)c1ccccc1C. The molecule has 0 aromatic heterocycles. The van der Waals surface area contributed by atoms with E-state index in [1.807, 2.05) is 31.2 Å². The third-order valence-electron chi connectivity index (χ3n) is 3.04. The maximum Gasteiger partial charge on any atom is 0.200 e. The normalized spacial score (nSPS) is 10.1. The topological polar surface area (TPSA) is 35.5 Å². The molecule has 3 heteroatoms. The van der Waals surface area contributed by atoms with Crippen LogP contribution in [-0.4, -0.2) is 20.0 Å². The Hall–Kier alpha value is -2.29. The number of methoxy groups -OCH3 is 2. The summed E-state index contributed by atoms with van der Waals surface area (Å²) in [5, 5.41) is 0. The Morgan fingerprint density at radius 1 is 0.895 bits per heavy atom. The van der Waals surface area contributed by atoms with Crippen molar-refractivity contribution in [3.05, 3.63) is 59.2 Å². The fourth-order valence-corrected chi connectivity index (χ4v) is 2.04. The Morgan fingerprint density at radius 3 is 2.00 bits per heavy atom. The Balaban J connectivity index is 2.58. The second-order valence-electron chi connectivity index (χ2n) is 4.18. The van der Waals surface area contributed by atoms with Gasteiger partial charge >= 0.3 is 0 Å². The highest BCUT2D eigenvalue weighted by Gasteiger charge is 2.20. The van der Waals surface area contributed by atoms with Crippen LogP contribution in [0.4, 0.5) is 0 Å². The van der Waals surface area contributed by atoms with Gasteiger partial charge in [0.25, 0.3) is 0 Å². The molecule has 3 nitrogen and oxygen atoms in total. The minimum atomic E-state index is -0.0904. The maximum atomic E-state index is 12.7. The standard InChI is InChI=1S/C16H16O3/c1-11-7-4-5-8-12(11)16(17)15-13(18-2)9-6-10-14(15)19-3/h4-10H,1-3H3. The second kappa shape index (κ2) is 5.57. The molecule has 0 aliphatic heterocycles. The van der Waals surface area contributed by atoms with Crippen LogP contribution in [-0.2, 0) is 0 Å². The molecule has 2 aromatic rings. The Bertz CT molecular complexity index is 580. The number of benzene rings is 2. The first-order valence-corrected chi connectivity index (χ1v) is 6.00. The number of aryl methyl sites for hydroxylation is 1. The van der Waals surface area contributed by atoms with E-state index in [0.29, 0.717) is 22.6 Å². The van der Waals surface area contributed by atoms with Crippen molar-refractivity contribution >= 4 is 5.78 Å². The molecule has 0 aliphatic rings. The fourth-order valence-electron chi connectivity index (χ4n) is 2.04. The van der Waals surface area contributed by atoms with Gasteiger partial charge in [0.05, 0.1) is 14.2 Å². The molecule has 0 unspecified atom stereocenters. The highest BCUT2D eigenvalue weighted by atomic mass is 16.5. The minimum absolute atomic E-state index is 0.0904. The average Bonchev–Trinajstić information content (AvgIpc) is 2.46. The summed E-state index contributed by atoms with van der Waals surface area (Å²) in [6.45, 7) is 1.91. The Kier molecular flexibility index (Phi) is 3.85. The number of hydrogen-bond acceptors (Lipinski definition) is 3. The minimum Gasteiger partial charge on any atom is -0.496 e. The summed E-state index contributed by atoms with van der Waals surface area (Å²) < 4.78 is 10.5. The fraction of sp³-hybridized carbons (Fsp3) is 0.188. The van der Waals surface area contributed by atoms with Gasteiger partial charge < -0.3 is 9.47 Å². The van der Waals surface area contributed by atoms with Gasteiger partial charge in [-0.3, -0.25) is 4.79 Å². The van der Waals surface area contributed by atoms with E-state index in [1.54, 1.807) is 32.4 Å². The lowest BCUT2D eigenvalue weighted by molar-refractivity contribution is 0.103. The van der Waals surface area contributed by atoms with Gasteiger partial charge in [-0.25, -0.2) is 0 Å². The first kappa shape index (κ1) is 13.1. The van der Waals surface area contributed by atoms with E-state index in [-0.39, 0.29) is 5.78 Å². The maximum absolute atomic E-state index is 12.7. The summed E-state index contributed by atoms with van der Waals surface area (Å²) in [6.07, 6.45) is 0. The predicted octanol–water partition coefficient (Wildman–Crippen LogP) is 3.24. The van der Waals surface area contributed by atoms with E-state index in [0.717, 1.165) is 5.56 Å². The average molecular weight is 256 g/mol. The Labute approximate surface area is 112 Å². The molecular formula is C16H16O3. The van der Waals surface area contributed by atoms with Crippen LogP contribution >= 0.6 is 0 Å².